The first kappa shape index (κ1) is 72.1. The van der Waals surface area contributed by atoms with Crippen LogP contribution in [0.25, 0.3) is 0 Å². The van der Waals surface area contributed by atoms with E-state index in [4.69, 9.17) is 14.2 Å². The van der Waals surface area contributed by atoms with E-state index in [2.05, 4.69) is 50.4 Å². The topological polar surface area (TPSA) is 175 Å². The van der Waals surface area contributed by atoms with Crippen LogP contribution in [-0.2, 0) is 23.8 Å². The summed E-state index contributed by atoms with van der Waals surface area (Å²) in [6.45, 7) is 5.63. The fourth-order valence-corrected chi connectivity index (χ4v) is 9.66. The Hall–Kier alpha value is -2.90. The van der Waals surface area contributed by atoms with Crippen LogP contribution in [0.5, 0.6) is 0 Å². The quantitative estimate of drug-likeness (QED) is 0.0149. The predicted octanol–water partition coefficient (Wildman–Crippen LogP) is 15.2. The maximum Gasteiger partial charge on any atom is 0.306 e. The van der Waals surface area contributed by atoms with Gasteiger partial charge in [-0.15, -0.1) is 0 Å². The van der Waals surface area contributed by atoms with Crippen LogP contribution in [0.3, 0.4) is 0 Å². The van der Waals surface area contributed by atoms with Crippen molar-refractivity contribution in [2.24, 2.45) is 0 Å². The second-order valence-corrected chi connectivity index (χ2v) is 21.8. The molecule has 0 bridgehead atoms. The summed E-state index contributed by atoms with van der Waals surface area (Å²) >= 11 is 0. The van der Waals surface area contributed by atoms with Crippen LogP contribution >= 0.6 is 0 Å². The Balaban J connectivity index is 2.63. The second-order valence-electron chi connectivity index (χ2n) is 21.8. The molecule has 0 spiro atoms. The van der Waals surface area contributed by atoms with E-state index < -0.39 is 67.4 Å². The van der Waals surface area contributed by atoms with E-state index >= 15 is 0 Å². The number of aliphatic hydroxyl groups excluding tert-OH is 5. The minimum Gasteiger partial charge on any atom is -0.454 e. The fourth-order valence-electron chi connectivity index (χ4n) is 9.66. The van der Waals surface area contributed by atoms with Gasteiger partial charge < -0.3 is 45.1 Å². The summed E-state index contributed by atoms with van der Waals surface area (Å²) in [5.74, 6) is -1.22. The summed E-state index contributed by atoms with van der Waals surface area (Å²) in [6.07, 6.45) is 58.0. The summed E-state index contributed by atoms with van der Waals surface area (Å²) in [6, 6.07) is -1.03. The molecule has 1 aliphatic heterocycles. The Morgan fingerprint density at radius 3 is 1.44 bits per heavy atom. The number of esters is 1. The van der Waals surface area contributed by atoms with Gasteiger partial charge in [-0.25, -0.2) is 0 Å². The molecule has 0 radical (unpaired) electrons. The molecule has 1 amide bonds. The van der Waals surface area contributed by atoms with Gasteiger partial charge >= 0.3 is 5.97 Å². The van der Waals surface area contributed by atoms with Gasteiger partial charge in [0, 0.05) is 6.42 Å². The molecule has 1 saturated heterocycles. The van der Waals surface area contributed by atoms with E-state index in [1.165, 1.54) is 148 Å². The number of amides is 1. The van der Waals surface area contributed by atoms with Gasteiger partial charge in [-0.1, -0.05) is 267 Å². The SMILES string of the molecule is CC/C=C/C=C/C=C/C=C\CCCCCCCC(=O)OC1C(OCC(NC(=O)C(O)CCCCCCCCCCCCCC/C=C/CCCCCCCC)C(O)/C=C/CCCCCCCCCCC)OC(CO)C(O)C1O. The van der Waals surface area contributed by atoms with E-state index in [9.17, 15) is 35.1 Å². The van der Waals surface area contributed by atoms with Crippen molar-refractivity contribution in [1.82, 2.24) is 5.32 Å². The number of ether oxygens (including phenoxy) is 3. The monoisotopic (exact) mass is 1080 g/mol. The highest BCUT2D eigenvalue weighted by molar-refractivity contribution is 5.80. The van der Waals surface area contributed by atoms with Crippen molar-refractivity contribution in [1.29, 1.82) is 0 Å². The van der Waals surface area contributed by atoms with Crippen molar-refractivity contribution in [3.63, 3.8) is 0 Å². The molecule has 11 nitrogen and oxygen atoms in total. The third kappa shape index (κ3) is 41.7. The molecule has 0 aliphatic carbocycles. The summed E-state index contributed by atoms with van der Waals surface area (Å²) in [5, 5.41) is 57.0. The Labute approximate surface area is 471 Å². The van der Waals surface area contributed by atoms with Gasteiger partial charge in [-0.3, -0.25) is 9.59 Å². The Kier molecular flexibility index (Phi) is 50.3. The van der Waals surface area contributed by atoms with E-state index in [1.807, 2.05) is 42.5 Å². The summed E-state index contributed by atoms with van der Waals surface area (Å²) in [7, 11) is 0. The molecule has 446 valence electrons. The third-order valence-electron chi connectivity index (χ3n) is 14.7. The van der Waals surface area contributed by atoms with Crippen molar-refractivity contribution >= 4 is 11.9 Å². The van der Waals surface area contributed by atoms with Crippen LogP contribution in [0.4, 0.5) is 0 Å². The number of rotatable bonds is 53. The highest BCUT2D eigenvalue weighted by atomic mass is 16.7. The molecular formula is C66H117NO10. The number of aliphatic hydroxyl groups is 5. The molecule has 0 aromatic rings. The molecule has 1 heterocycles. The van der Waals surface area contributed by atoms with Crippen molar-refractivity contribution in [2.45, 2.75) is 320 Å². The summed E-state index contributed by atoms with van der Waals surface area (Å²) in [5.41, 5.74) is 0. The number of unbranched alkanes of at least 4 members (excludes halogenated alkanes) is 32. The Morgan fingerprint density at radius 1 is 0.519 bits per heavy atom. The average Bonchev–Trinajstić information content (AvgIpc) is 3.43. The second kappa shape index (κ2) is 53.7. The van der Waals surface area contributed by atoms with Crippen molar-refractivity contribution < 1.29 is 49.3 Å². The van der Waals surface area contributed by atoms with E-state index in [0.717, 1.165) is 77.0 Å². The summed E-state index contributed by atoms with van der Waals surface area (Å²) in [4.78, 5) is 26.5. The summed E-state index contributed by atoms with van der Waals surface area (Å²) < 4.78 is 17.6. The average molecular weight is 1080 g/mol. The molecule has 8 atom stereocenters. The van der Waals surface area contributed by atoms with E-state index in [-0.39, 0.29) is 19.4 Å². The lowest BCUT2D eigenvalue weighted by molar-refractivity contribution is -0.305. The number of carbonyl (C=O) groups excluding carboxylic acids is 2. The lowest BCUT2D eigenvalue weighted by atomic mass is 9.99. The Bertz CT molecular complexity index is 1530. The van der Waals surface area contributed by atoms with Crippen molar-refractivity contribution in [3.05, 3.63) is 72.9 Å². The molecule has 0 saturated carbocycles. The molecule has 1 rings (SSSR count). The predicted molar refractivity (Wildman–Crippen MR) is 319 cm³/mol. The molecule has 6 N–H and O–H groups in total. The molecule has 11 heteroatoms. The fraction of sp³-hybridized carbons (Fsp3) is 0.788. The molecule has 77 heavy (non-hydrogen) atoms. The van der Waals surface area contributed by atoms with Gasteiger partial charge in [0.05, 0.1) is 25.4 Å². The zero-order chi connectivity index (χ0) is 56.1. The zero-order valence-electron chi connectivity index (χ0n) is 49.3. The molecular weight excluding hydrogens is 967 g/mol. The zero-order valence-corrected chi connectivity index (χ0v) is 49.3. The molecule has 0 aromatic heterocycles. The first-order valence-electron chi connectivity index (χ1n) is 31.8. The Morgan fingerprint density at radius 2 is 0.948 bits per heavy atom. The first-order chi connectivity index (χ1) is 37.7. The number of hydrogen-bond acceptors (Lipinski definition) is 10. The number of carbonyl (C=O) groups is 2. The van der Waals surface area contributed by atoms with E-state index in [1.54, 1.807) is 6.08 Å². The minimum atomic E-state index is -1.63. The minimum absolute atomic E-state index is 0.0955. The van der Waals surface area contributed by atoms with Crippen molar-refractivity contribution in [3.8, 4) is 0 Å². The van der Waals surface area contributed by atoms with Crippen LogP contribution in [0.1, 0.15) is 271 Å². The molecule has 1 aliphatic rings. The standard InChI is InChI=1S/C66H117NO10/c1-4-7-10-13-16-19-22-24-26-27-28-29-30-31-32-34-35-38-41-44-47-50-53-59(70)65(74)67-57(58(69)52-49-46-43-40-37-21-18-15-12-9-6-3)56-75-66-64(63(73)62(72)60(55-68)76-66)77-61(71)54-51-48-45-42-39-36-33-25-23-20-17-14-11-8-5-2/h8,11,14,17,20,23-26,33,49,52,57-60,62-64,66,68-70,72-73H,4-7,9-10,12-13,15-16,18-19,21-22,27-32,34-48,50-51,53-56H2,1-3H3,(H,67,74)/b11-8+,17-14+,23-20+,26-24+,33-25-,52-49+. The smallest absolute Gasteiger partial charge is 0.306 e. The van der Waals surface area contributed by atoms with Gasteiger partial charge in [0.25, 0.3) is 0 Å². The first-order valence-corrected chi connectivity index (χ1v) is 31.8. The van der Waals surface area contributed by atoms with Crippen LogP contribution in [0.2, 0.25) is 0 Å². The van der Waals surface area contributed by atoms with Crippen LogP contribution in [0, 0.1) is 0 Å². The van der Waals surface area contributed by atoms with Crippen LogP contribution < -0.4 is 5.32 Å². The number of hydrogen-bond donors (Lipinski definition) is 6. The number of nitrogens with one attached hydrogen (secondary N) is 1. The van der Waals surface area contributed by atoms with Gasteiger partial charge in [-0.05, 0) is 70.6 Å². The number of allylic oxidation sites excluding steroid dienone is 11. The van der Waals surface area contributed by atoms with E-state index in [0.29, 0.717) is 12.8 Å². The normalized spacial score (nSPS) is 19.5. The van der Waals surface area contributed by atoms with Gasteiger partial charge in [0.15, 0.2) is 12.4 Å². The highest BCUT2D eigenvalue weighted by Crippen LogP contribution is 2.26. The van der Waals surface area contributed by atoms with Crippen LogP contribution in [0.15, 0.2) is 72.9 Å². The highest BCUT2D eigenvalue weighted by Gasteiger charge is 2.47. The molecule has 8 unspecified atom stereocenters. The van der Waals surface area contributed by atoms with Crippen LogP contribution in [-0.4, -0.2) is 99.6 Å². The lowest BCUT2D eigenvalue weighted by Gasteiger charge is -2.41. The van der Waals surface area contributed by atoms with Crippen molar-refractivity contribution in [2.75, 3.05) is 13.2 Å². The van der Waals surface area contributed by atoms with Gasteiger partial charge in [0.2, 0.25) is 5.91 Å². The van der Waals surface area contributed by atoms with Gasteiger partial charge in [-0.2, -0.15) is 0 Å². The van der Waals surface area contributed by atoms with Gasteiger partial charge in [0.1, 0.15) is 24.4 Å². The maximum atomic E-state index is 13.4. The molecule has 1 fully saturated rings. The third-order valence-corrected chi connectivity index (χ3v) is 14.7. The molecule has 0 aromatic carbocycles. The lowest BCUT2D eigenvalue weighted by Crippen LogP contribution is -2.61. The maximum absolute atomic E-state index is 13.4. The largest absolute Gasteiger partial charge is 0.454 e.